The van der Waals surface area contributed by atoms with Gasteiger partial charge in [-0.3, -0.25) is 0 Å². The van der Waals surface area contributed by atoms with Crippen LogP contribution in [0.4, 0.5) is 4.39 Å². The molecule has 0 aromatic heterocycles. The molecule has 0 aliphatic carbocycles. The second-order valence-corrected chi connectivity index (χ2v) is 2.30. The predicted molar refractivity (Wildman–Crippen MR) is 34.7 cm³/mol. The van der Waals surface area contributed by atoms with Crippen LogP contribution in [-0.4, -0.2) is 46.1 Å². The molecule has 0 bridgehead atoms. The Morgan fingerprint density at radius 3 is 2.09 bits per heavy atom. The summed E-state index contributed by atoms with van der Waals surface area (Å²) in [4.78, 5) is 9.79. The maximum Gasteiger partial charge on any atom is 0.161 e. The summed E-state index contributed by atoms with van der Waals surface area (Å²) >= 11 is 0. The van der Waals surface area contributed by atoms with Crippen molar-refractivity contribution >= 4 is 6.29 Å². The standard InChI is InChI=1S/C6H11FO4/c1-3(9)6(11)5(7)4(10)2-8/h2-6,9-11H,1H3/t3-,4-,5-,6-/m0/s1/i7-1. The lowest BCUT2D eigenvalue weighted by Gasteiger charge is -2.19. The van der Waals surface area contributed by atoms with Gasteiger partial charge in [-0.2, -0.15) is 0 Å². The predicted octanol–water partition coefficient (Wildman–Crippen LogP) is -1.37. The van der Waals surface area contributed by atoms with Gasteiger partial charge in [0.05, 0.1) is 6.10 Å². The van der Waals surface area contributed by atoms with E-state index in [1.807, 2.05) is 0 Å². The number of hydrogen-bond donors (Lipinski definition) is 3. The quantitative estimate of drug-likeness (QED) is 0.449. The Morgan fingerprint density at radius 1 is 1.36 bits per heavy atom. The molecule has 0 saturated carbocycles. The summed E-state index contributed by atoms with van der Waals surface area (Å²) in [6.45, 7) is 1.16. The highest BCUT2D eigenvalue weighted by Crippen LogP contribution is 2.07. The van der Waals surface area contributed by atoms with E-state index in [1.165, 1.54) is 0 Å². The molecule has 0 aromatic rings. The number of aliphatic hydroxyl groups is 3. The van der Waals surface area contributed by atoms with Crippen LogP contribution in [0.5, 0.6) is 0 Å². The van der Waals surface area contributed by atoms with Gasteiger partial charge in [0.25, 0.3) is 0 Å². The van der Waals surface area contributed by atoms with E-state index in [4.69, 9.17) is 15.3 Å². The summed E-state index contributed by atoms with van der Waals surface area (Å²) in [7, 11) is 0. The van der Waals surface area contributed by atoms with Crippen LogP contribution in [0.2, 0.25) is 0 Å². The molecule has 66 valence electrons. The Bertz CT molecular complexity index is 128. The molecule has 0 aliphatic heterocycles. The van der Waals surface area contributed by atoms with Crippen molar-refractivity contribution < 1.29 is 24.5 Å². The molecular weight excluding hydrogens is 154 g/mol. The fourth-order valence-electron chi connectivity index (χ4n) is 0.543. The van der Waals surface area contributed by atoms with Crippen molar-refractivity contribution in [3.05, 3.63) is 0 Å². The Balaban J connectivity index is 4.00. The maximum atomic E-state index is 12.5. The lowest BCUT2D eigenvalue weighted by atomic mass is 10.1. The Labute approximate surface area is 63.3 Å². The van der Waals surface area contributed by atoms with Gasteiger partial charge in [-0.15, -0.1) is 0 Å². The van der Waals surface area contributed by atoms with E-state index in [2.05, 4.69) is 0 Å². The Kier molecular flexibility index (Phi) is 4.17. The van der Waals surface area contributed by atoms with Gasteiger partial charge in [-0.25, -0.2) is 4.39 Å². The first-order chi connectivity index (χ1) is 5.00. The van der Waals surface area contributed by atoms with Crippen LogP contribution in [0, 0.1) is 0 Å². The van der Waals surface area contributed by atoms with Crippen LogP contribution in [0.3, 0.4) is 0 Å². The minimum absolute atomic E-state index is 0.0315. The molecule has 0 spiro atoms. The molecule has 5 heteroatoms. The average Bonchev–Trinajstić information content (AvgIpc) is 2.00. The highest BCUT2D eigenvalue weighted by atomic mass is 18.2. The second kappa shape index (κ2) is 4.38. The molecule has 0 amide bonds. The van der Waals surface area contributed by atoms with E-state index in [9.17, 15) is 9.18 Å². The third-order valence-corrected chi connectivity index (χ3v) is 1.29. The molecule has 4 nitrogen and oxygen atoms in total. The van der Waals surface area contributed by atoms with E-state index >= 15 is 0 Å². The van der Waals surface area contributed by atoms with E-state index in [0.717, 1.165) is 6.92 Å². The zero-order chi connectivity index (χ0) is 9.02. The summed E-state index contributed by atoms with van der Waals surface area (Å²) in [5.41, 5.74) is 0. The van der Waals surface area contributed by atoms with Crippen molar-refractivity contribution in [3.63, 3.8) is 0 Å². The van der Waals surface area contributed by atoms with Gasteiger partial charge in [0.15, 0.2) is 12.5 Å². The topological polar surface area (TPSA) is 77.8 Å². The molecule has 0 rings (SSSR count). The average molecular weight is 165 g/mol. The van der Waals surface area contributed by atoms with Gasteiger partial charge in [-0.05, 0) is 6.92 Å². The van der Waals surface area contributed by atoms with Crippen LogP contribution in [0.1, 0.15) is 6.92 Å². The third-order valence-electron chi connectivity index (χ3n) is 1.29. The van der Waals surface area contributed by atoms with E-state index < -0.39 is 24.5 Å². The number of carbonyl (C=O) groups excluding carboxylic acids is 1. The summed E-state index contributed by atoms with van der Waals surface area (Å²) in [6.07, 6.45) is -7.07. The number of aldehydes is 1. The highest BCUT2D eigenvalue weighted by molar-refractivity contribution is 5.56. The number of hydrogen-bond acceptors (Lipinski definition) is 4. The number of alkyl halides is 1. The van der Waals surface area contributed by atoms with Crippen molar-refractivity contribution in [1.82, 2.24) is 0 Å². The van der Waals surface area contributed by atoms with Gasteiger partial charge in [0.2, 0.25) is 0 Å². The molecule has 4 atom stereocenters. The molecule has 0 saturated heterocycles. The van der Waals surface area contributed by atoms with Crippen LogP contribution < -0.4 is 0 Å². The highest BCUT2D eigenvalue weighted by Gasteiger charge is 2.29. The Hall–Kier alpha value is -0.520. The Morgan fingerprint density at radius 2 is 1.82 bits per heavy atom. The van der Waals surface area contributed by atoms with Crippen molar-refractivity contribution in [2.75, 3.05) is 0 Å². The molecule has 11 heavy (non-hydrogen) atoms. The third kappa shape index (κ3) is 2.92. The first kappa shape index (κ1) is 10.5. The number of rotatable bonds is 4. The fourth-order valence-corrected chi connectivity index (χ4v) is 0.543. The van der Waals surface area contributed by atoms with E-state index in [0.29, 0.717) is 0 Å². The zero-order valence-electron chi connectivity index (χ0n) is 6.01. The molecule has 0 fully saturated rings. The molecule has 3 N–H and O–H groups in total. The van der Waals surface area contributed by atoms with Crippen LogP contribution in [0.25, 0.3) is 0 Å². The summed E-state index contributed by atoms with van der Waals surface area (Å²) in [6, 6.07) is 0. The smallest absolute Gasteiger partial charge is 0.161 e. The van der Waals surface area contributed by atoms with Gasteiger partial charge in [0, 0.05) is 0 Å². The van der Waals surface area contributed by atoms with Crippen molar-refractivity contribution in [2.45, 2.75) is 31.4 Å². The molecule has 0 heterocycles. The monoisotopic (exact) mass is 165 g/mol. The van der Waals surface area contributed by atoms with Gasteiger partial charge in [-0.1, -0.05) is 0 Å². The van der Waals surface area contributed by atoms with Gasteiger partial charge >= 0.3 is 0 Å². The zero-order valence-corrected chi connectivity index (χ0v) is 6.01. The van der Waals surface area contributed by atoms with E-state index in [-0.39, 0.29) is 6.29 Å². The lowest BCUT2D eigenvalue weighted by molar-refractivity contribution is -0.124. The largest absolute Gasteiger partial charge is 0.391 e. The lowest BCUT2D eigenvalue weighted by Crippen LogP contribution is -2.41. The fraction of sp³-hybridized carbons (Fsp3) is 0.833. The molecule has 0 aromatic carbocycles. The minimum atomic E-state index is -2.13. The summed E-state index contributed by atoms with van der Waals surface area (Å²) in [5, 5.41) is 25.9. The second-order valence-electron chi connectivity index (χ2n) is 2.30. The number of halogens is 1. The minimum Gasteiger partial charge on any atom is -0.391 e. The maximum absolute atomic E-state index is 12.5. The van der Waals surface area contributed by atoms with Gasteiger partial charge in [0.1, 0.15) is 12.2 Å². The van der Waals surface area contributed by atoms with Gasteiger partial charge < -0.3 is 20.1 Å². The first-order valence-electron chi connectivity index (χ1n) is 3.14. The summed E-state index contributed by atoms with van der Waals surface area (Å²) < 4.78 is 12.5. The molecular formula is C6H11FO4. The normalized spacial score (nSPS) is 21.9. The van der Waals surface area contributed by atoms with E-state index in [1.54, 1.807) is 0 Å². The molecule has 0 aliphatic rings. The van der Waals surface area contributed by atoms with Crippen molar-refractivity contribution in [3.8, 4) is 0 Å². The molecule has 0 unspecified atom stereocenters. The van der Waals surface area contributed by atoms with Crippen molar-refractivity contribution in [2.24, 2.45) is 0 Å². The first-order valence-corrected chi connectivity index (χ1v) is 3.14. The SMILES string of the molecule is C[C@H](O)[C@H](O)[C@@H]([18F])[C@@H](O)C=O. The number of carbonyl (C=O) groups is 1. The van der Waals surface area contributed by atoms with Crippen molar-refractivity contribution in [1.29, 1.82) is 0 Å². The number of aliphatic hydroxyl groups excluding tert-OH is 3. The van der Waals surface area contributed by atoms with Crippen LogP contribution in [-0.2, 0) is 4.79 Å². The summed E-state index contributed by atoms with van der Waals surface area (Å²) in [5.74, 6) is 0. The molecule has 0 radical (unpaired) electrons. The van der Waals surface area contributed by atoms with Crippen LogP contribution >= 0.6 is 0 Å². The van der Waals surface area contributed by atoms with Crippen LogP contribution in [0.15, 0.2) is 0 Å².